The van der Waals surface area contributed by atoms with E-state index in [1.165, 1.54) is 0 Å². The lowest BCUT2D eigenvalue weighted by molar-refractivity contribution is -0.121. The Morgan fingerprint density at radius 2 is 2.00 bits per heavy atom. The summed E-state index contributed by atoms with van der Waals surface area (Å²) in [5.74, 6) is 0.717. The second-order valence-corrected chi connectivity index (χ2v) is 5.92. The number of aliphatic hydroxyl groups excluding tert-OH is 1. The average Bonchev–Trinajstić information content (AvgIpc) is 2.44. The predicted molar refractivity (Wildman–Crippen MR) is 79.6 cm³/mol. The summed E-state index contributed by atoms with van der Waals surface area (Å²) in [5, 5.41) is 11.8. The number of nitrogens with zero attached hydrogens (tertiary/aromatic N) is 1. The number of amides is 1. The summed E-state index contributed by atoms with van der Waals surface area (Å²) in [6, 6.07) is 0.403. The maximum Gasteiger partial charge on any atom is 0.220 e. The first-order valence-corrected chi connectivity index (χ1v) is 7.82. The molecule has 0 aromatic rings. The van der Waals surface area contributed by atoms with E-state index in [4.69, 9.17) is 9.84 Å². The van der Waals surface area contributed by atoms with Gasteiger partial charge in [0.25, 0.3) is 0 Å². The molecule has 1 rings (SSSR count). The topological polar surface area (TPSA) is 61.8 Å². The third kappa shape index (κ3) is 7.22. The van der Waals surface area contributed by atoms with E-state index in [0.29, 0.717) is 24.8 Å². The minimum Gasteiger partial charge on any atom is -0.396 e. The van der Waals surface area contributed by atoms with Crippen molar-refractivity contribution in [2.75, 3.05) is 39.5 Å². The Labute approximate surface area is 122 Å². The Morgan fingerprint density at radius 3 is 2.60 bits per heavy atom. The zero-order valence-corrected chi connectivity index (χ0v) is 12.9. The SMILES string of the molecule is CC(C)CC(CNC(=O)CCCCO)N1CCOCC1. The molecule has 1 aliphatic heterocycles. The van der Waals surface area contributed by atoms with Crippen LogP contribution in [0.5, 0.6) is 0 Å². The second-order valence-electron chi connectivity index (χ2n) is 5.92. The van der Waals surface area contributed by atoms with Crippen molar-refractivity contribution < 1.29 is 14.6 Å². The van der Waals surface area contributed by atoms with Crippen molar-refractivity contribution in [3.63, 3.8) is 0 Å². The number of aliphatic hydroxyl groups is 1. The summed E-state index contributed by atoms with van der Waals surface area (Å²) in [4.78, 5) is 14.2. The normalized spacial score (nSPS) is 18.2. The maximum atomic E-state index is 11.8. The van der Waals surface area contributed by atoms with Crippen molar-refractivity contribution in [3.05, 3.63) is 0 Å². The summed E-state index contributed by atoms with van der Waals surface area (Å²) >= 11 is 0. The van der Waals surface area contributed by atoms with E-state index in [2.05, 4.69) is 24.1 Å². The largest absolute Gasteiger partial charge is 0.396 e. The molecule has 1 fully saturated rings. The fourth-order valence-corrected chi connectivity index (χ4v) is 2.57. The van der Waals surface area contributed by atoms with Gasteiger partial charge in [0.15, 0.2) is 0 Å². The number of rotatable bonds is 9. The molecule has 1 amide bonds. The smallest absolute Gasteiger partial charge is 0.220 e. The van der Waals surface area contributed by atoms with E-state index in [9.17, 15) is 4.79 Å². The van der Waals surface area contributed by atoms with Gasteiger partial charge in [-0.15, -0.1) is 0 Å². The van der Waals surface area contributed by atoms with Crippen LogP contribution in [0.15, 0.2) is 0 Å². The number of unbranched alkanes of at least 4 members (excludes halogenated alkanes) is 1. The fourth-order valence-electron chi connectivity index (χ4n) is 2.57. The lowest BCUT2D eigenvalue weighted by Crippen LogP contribution is -2.49. The van der Waals surface area contributed by atoms with Gasteiger partial charge in [0.05, 0.1) is 13.2 Å². The van der Waals surface area contributed by atoms with Crippen LogP contribution in [0.1, 0.15) is 39.5 Å². The molecule has 0 spiro atoms. The van der Waals surface area contributed by atoms with E-state index in [-0.39, 0.29) is 12.5 Å². The first-order chi connectivity index (χ1) is 9.63. The van der Waals surface area contributed by atoms with Gasteiger partial charge in [-0.25, -0.2) is 0 Å². The summed E-state index contributed by atoms with van der Waals surface area (Å²) in [6.45, 7) is 8.81. The second kappa shape index (κ2) is 10.1. The standard InChI is InChI=1S/C15H30N2O3/c1-13(2)11-14(17-6-9-20-10-7-17)12-16-15(19)5-3-4-8-18/h13-14,18H,3-12H2,1-2H3,(H,16,19). The molecule has 118 valence electrons. The molecule has 0 aromatic heterocycles. The Morgan fingerprint density at radius 1 is 1.30 bits per heavy atom. The van der Waals surface area contributed by atoms with Gasteiger partial charge < -0.3 is 15.2 Å². The lowest BCUT2D eigenvalue weighted by atomic mass is 10.0. The maximum absolute atomic E-state index is 11.8. The van der Waals surface area contributed by atoms with Crippen molar-refractivity contribution in [2.24, 2.45) is 5.92 Å². The quantitative estimate of drug-likeness (QED) is 0.621. The molecule has 5 nitrogen and oxygen atoms in total. The van der Waals surface area contributed by atoms with Crippen molar-refractivity contribution in [1.29, 1.82) is 0 Å². The number of morpholine rings is 1. The number of nitrogens with one attached hydrogen (secondary N) is 1. The van der Waals surface area contributed by atoms with Crippen LogP contribution < -0.4 is 5.32 Å². The molecule has 2 N–H and O–H groups in total. The van der Waals surface area contributed by atoms with Crippen molar-refractivity contribution in [3.8, 4) is 0 Å². The zero-order valence-electron chi connectivity index (χ0n) is 12.9. The summed E-state index contributed by atoms with van der Waals surface area (Å²) in [6.07, 6.45) is 3.07. The molecule has 0 radical (unpaired) electrons. The fraction of sp³-hybridized carbons (Fsp3) is 0.933. The molecule has 20 heavy (non-hydrogen) atoms. The highest BCUT2D eigenvalue weighted by Gasteiger charge is 2.22. The van der Waals surface area contributed by atoms with E-state index in [0.717, 1.165) is 45.7 Å². The molecule has 1 heterocycles. The van der Waals surface area contributed by atoms with Gasteiger partial charge in [0, 0.05) is 38.7 Å². The third-order valence-corrected chi connectivity index (χ3v) is 3.65. The van der Waals surface area contributed by atoms with E-state index >= 15 is 0 Å². The van der Waals surface area contributed by atoms with Crippen LogP contribution in [-0.4, -0.2) is 61.4 Å². The van der Waals surface area contributed by atoms with Crippen LogP contribution in [0.3, 0.4) is 0 Å². The Balaban J connectivity index is 2.33. The van der Waals surface area contributed by atoms with Crippen LogP contribution in [0.4, 0.5) is 0 Å². The molecular weight excluding hydrogens is 256 g/mol. The number of hydrogen-bond donors (Lipinski definition) is 2. The molecule has 0 aliphatic carbocycles. The number of carbonyl (C=O) groups is 1. The molecule has 1 aliphatic rings. The molecule has 0 bridgehead atoms. The first kappa shape index (κ1) is 17.4. The van der Waals surface area contributed by atoms with Crippen LogP contribution in [0.2, 0.25) is 0 Å². The highest BCUT2D eigenvalue weighted by atomic mass is 16.5. The van der Waals surface area contributed by atoms with Crippen LogP contribution in [0, 0.1) is 5.92 Å². The highest BCUT2D eigenvalue weighted by molar-refractivity contribution is 5.75. The summed E-state index contributed by atoms with van der Waals surface area (Å²) in [5.41, 5.74) is 0. The molecule has 1 saturated heterocycles. The molecule has 1 unspecified atom stereocenters. The number of ether oxygens (including phenoxy) is 1. The van der Waals surface area contributed by atoms with Gasteiger partial charge in [-0.3, -0.25) is 9.69 Å². The third-order valence-electron chi connectivity index (χ3n) is 3.65. The average molecular weight is 286 g/mol. The van der Waals surface area contributed by atoms with Gasteiger partial charge >= 0.3 is 0 Å². The van der Waals surface area contributed by atoms with E-state index in [1.54, 1.807) is 0 Å². The monoisotopic (exact) mass is 286 g/mol. The zero-order chi connectivity index (χ0) is 14.8. The van der Waals surface area contributed by atoms with Gasteiger partial charge in [0.2, 0.25) is 5.91 Å². The van der Waals surface area contributed by atoms with Crippen LogP contribution in [0.25, 0.3) is 0 Å². The van der Waals surface area contributed by atoms with Gasteiger partial charge in [-0.1, -0.05) is 13.8 Å². The van der Waals surface area contributed by atoms with Gasteiger partial charge in [0.1, 0.15) is 0 Å². The minimum absolute atomic E-state index is 0.0977. The Bertz CT molecular complexity index is 266. The molecule has 1 atom stereocenters. The summed E-state index contributed by atoms with van der Waals surface area (Å²) < 4.78 is 5.39. The van der Waals surface area contributed by atoms with Gasteiger partial charge in [-0.05, 0) is 25.2 Å². The van der Waals surface area contributed by atoms with Crippen LogP contribution in [-0.2, 0) is 9.53 Å². The molecule has 0 saturated carbocycles. The first-order valence-electron chi connectivity index (χ1n) is 7.82. The van der Waals surface area contributed by atoms with Gasteiger partial charge in [-0.2, -0.15) is 0 Å². The van der Waals surface area contributed by atoms with Crippen molar-refractivity contribution in [2.45, 2.75) is 45.6 Å². The Kier molecular flexibility index (Phi) is 8.82. The minimum atomic E-state index is 0.0977. The molecule has 0 aromatic carbocycles. The predicted octanol–water partition coefficient (Wildman–Crippen LogP) is 1.01. The summed E-state index contributed by atoms with van der Waals surface area (Å²) in [7, 11) is 0. The van der Waals surface area contributed by atoms with Crippen LogP contribution >= 0.6 is 0 Å². The molecular formula is C15H30N2O3. The van der Waals surface area contributed by atoms with Crippen molar-refractivity contribution in [1.82, 2.24) is 10.2 Å². The lowest BCUT2D eigenvalue weighted by Gasteiger charge is -2.35. The highest BCUT2D eigenvalue weighted by Crippen LogP contribution is 2.13. The van der Waals surface area contributed by atoms with E-state index < -0.39 is 0 Å². The molecule has 5 heteroatoms. The van der Waals surface area contributed by atoms with Crippen molar-refractivity contribution >= 4 is 5.91 Å². The van der Waals surface area contributed by atoms with E-state index in [1.807, 2.05) is 0 Å². The number of carbonyl (C=O) groups excluding carboxylic acids is 1. The number of hydrogen-bond acceptors (Lipinski definition) is 4. The Hall–Kier alpha value is -0.650.